The van der Waals surface area contributed by atoms with Gasteiger partial charge in [0.1, 0.15) is 0 Å². The topological polar surface area (TPSA) is 75.4 Å². The lowest BCUT2D eigenvalue weighted by atomic mass is 9.83. The molecule has 1 aliphatic heterocycles. The second-order valence-corrected chi connectivity index (χ2v) is 7.27. The fourth-order valence-electron chi connectivity index (χ4n) is 3.71. The molecule has 0 radical (unpaired) electrons. The summed E-state index contributed by atoms with van der Waals surface area (Å²) in [4.78, 5) is 26.5. The maximum Gasteiger partial charge on any atom is 0.230 e. The predicted molar refractivity (Wildman–Crippen MR) is 80.4 cm³/mol. The number of hydrogen-bond acceptors (Lipinski definition) is 3. The van der Waals surface area contributed by atoms with Crippen LogP contribution in [-0.4, -0.2) is 41.9 Å². The molecule has 3 fully saturated rings. The molecule has 5 nitrogen and oxygen atoms in total. The van der Waals surface area contributed by atoms with Crippen molar-refractivity contribution in [3.63, 3.8) is 0 Å². The molecule has 2 saturated carbocycles. The Kier molecular flexibility index (Phi) is 3.95. The summed E-state index contributed by atoms with van der Waals surface area (Å²) in [5.74, 6) is 0.698. The van der Waals surface area contributed by atoms with Crippen molar-refractivity contribution in [1.29, 1.82) is 0 Å². The van der Waals surface area contributed by atoms with Gasteiger partial charge >= 0.3 is 0 Å². The number of nitrogens with two attached hydrogens (primary N) is 1. The molecule has 118 valence electrons. The summed E-state index contributed by atoms with van der Waals surface area (Å²) in [5.41, 5.74) is 5.78. The number of carbonyl (C=O) groups excluding carboxylic acids is 2. The number of piperidine rings is 1. The zero-order valence-corrected chi connectivity index (χ0v) is 12.9. The van der Waals surface area contributed by atoms with Gasteiger partial charge in [-0.15, -0.1) is 0 Å². The molecule has 21 heavy (non-hydrogen) atoms. The molecule has 0 spiro atoms. The zero-order chi connectivity index (χ0) is 15.0. The second kappa shape index (κ2) is 5.59. The summed E-state index contributed by atoms with van der Waals surface area (Å²) in [6.45, 7) is 3.52. The maximum absolute atomic E-state index is 12.7. The van der Waals surface area contributed by atoms with Crippen molar-refractivity contribution >= 4 is 11.8 Å². The highest BCUT2D eigenvalue weighted by molar-refractivity contribution is 5.84. The fourth-order valence-corrected chi connectivity index (χ4v) is 3.71. The van der Waals surface area contributed by atoms with E-state index in [4.69, 9.17) is 5.73 Å². The minimum absolute atomic E-state index is 0.00251. The Morgan fingerprint density at radius 2 is 1.81 bits per heavy atom. The van der Waals surface area contributed by atoms with E-state index in [9.17, 15) is 9.59 Å². The Morgan fingerprint density at radius 1 is 1.14 bits per heavy atom. The Balaban J connectivity index is 1.51. The van der Waals surface area contributed by atoms with Gasteiger partial charge in [0.25, 0.3) is 0 Å². The van der Waals surface area contributed by atoms with Gasteiger partial charge < -0.3 is 16.0 Å². The highest BCUT2D eigenvalue weighted by atomic mass is 16.2. The molecule has 1 saturated heterocycles. The van der Waals surface area contributed by atoms with Crippen LogP contribution < -0.4 is 11.1 Å². The first-order valence-corrected chi connectivity index (χ1v) is 8.36. The van der Waals surface area contributed by atoms with Crippen molar-refractivity contribution in [2.45, 2.75) is 64.0 Å². The summed E-state index contributed by atoms with van der Waals surface area (Å²) in [7, 11) is 0. The number of carbonyl (C=O) groups is 2. The Bertz CT molecular complexity index is 427. The molecular formula is C16H27N3O2. The van der Waals surface area contributed by atoms with Crippen LogP contribution in [0.25, 0.3) is 0 Å². The van der Waals surface area contributed by atoms with Crippen molar-refractivity contribution in [2.75, 3.05) is 13.1 Å². The molecule has 2 amide bonds. The van der Waals surface area contributed by atoms with Crippen molar-refractivity contribution in [3.05, 3.63) is 0 Å². The van der Waals surface area contributed by atoms with Gasteiger partial charge in [-0.1, -0.05) is 6.42 Å². The van der Waals surface area contributed by atoms with Crippen LogP contribution in [0.15, 0.2) is 0 Å². The van der Waals surface area contributed by atoms with E-state index in [1.807, 2.05) is 11.8 Å². The van der Waals surface area contributed by atoms with E-state index in [0.717, 1.165) is 58.0 Å². The van der Waals surface area contributed by atoms with E-state index in [1.54, 1.807) is 0 Å². The van der Waals surface area contributed by atoms with Crippen molar-refractivity contribution in [1.82, 2.24) is 10.2 Å². The monoisotopic (exact) mass is 293 g/mol. The lowest BCUT2D eigenvalue weighted by molar-refractivity contribution is -0.142. The highest BCUT2D eigenvalue weighted by Gasteiger charge is 2.45. The van der Waals surface area contributed by atoms with Crippen LogP contribution >= 0.6 is 0 Å². The summed E-state index contributed by atoms with van der Waals surface area (Å²) >= 11 is 0. The van der Waals surface area contributed by atoms with Gasteiger partial charge in [-0.2, -0.15) is 0 Å². The van der Waals surface area contributed by atoms with E-state index in [2.05, 4.69) is 5.32 Å². The van der Waals surface area contributed by atoms with Crippen molar-refractivity contribution < 1.29 is 9.59 Å². The predicted octanol–water partition coefficient (Wildman–Crippen LogP) is 1.02. The molecule has 2 atom stereocenters. The first kappa shape index (κ1) is 14.8. The van der Waals surface area contributed by atoms with E-state index >= 15 is 0 Å². The third-order valence-electron chi connectivity index (χ3n) is 5.59. The Labute approximate surface area is 126 Å². The van der Waals surface area contributed by atoms with Gasteiger partial charge in [-0.3, -0.25) is 9.59 Å². The van der Waals surface area contributed by atoms with Crippen LogP contribution in [0.1, 0.15) is 51.9 Å². The molecule has 1 heterocycles. The van der Waals surface area contributed by atoms with Crippen molar-refractivity contribution in [3.8, 4) is 0 Å². The summed E-state index contributed by atoms with van der Waals surface area (Å²) in [6.07, 6.45) is 6.74. The fraction of sp³-hybridized carbons (Fsp3) is 0.875. The largest absolute Gasteiger partial charge is 0.353 e. The normalized spacial score (nSPS) is 34.0. The quantitative estimate of drug-likeness (QED) is 0.816. The van der Waals surface area contributed by atoms with E-state index < -0.39 is 0 Å². The van der Waals surface area contributed by atoms with Crippen LogP contribution in [0, 0.1) is 11.3 Å². The van der Waals surface area contributed by atoms with E-state index in [0.29, 0.717) is 0 Å². The molecule has 5 heteroatoms. The summed E-state index contributed by atoms with van der Waals surface area (Å²) in [5, 5.41) is 3.13. The molecule has 3 N–H and O–H groups in total. The minimum atomic E-state index is -0.371. The van der Waals surface area contributed by atoms with E-state index in [1.165, 1.54) is 0 Å². The lowest BCUT2D eigenvalue weighted by Gasteiger charge is -2.38. The lowest BCUT2D eigenvalue weighted by Crippen LogP contribution is -2.53. The van der Waals surface area contributed by atoms with Gasteiger partial charge in [0.15, 0.2) is 0 Å². The van der Waals surface area contributed by atoms with Crippen LogP contribution in [0.5, 0.6) is 0 Å². The number of nitrogens with one attached hydrogen (secondary N) is 1. The SMILES string of the molecule is CC1(C(=O)N2CCC(NC(=O)C3CC3)CC2)CCCC1N. The van der Waals surface area contributed by atoms with Gasteiger partial charge in [-0.25, -0.2) is 0 Å². The highest BCUT2D eigenvalue weighted by Crippen LogP contribution is 2.39. The second-order valence-electron chi connectivity index (χ2n) is 7.27. The maximum atomic E-state index is 12.7. The van der Waals surface area contributed by atoms with Gasteiger partial charge in [-0.05, 0) is 45.4 Å². The third-order valence-corrected chi connectivity index (χ3v) is 5.59. The Hall–Kier alpha value is -1.10. The van der Waals surface area contributed by atoms with Gasteiger partial charge in [0.2, 0.25) is 11.8 Å². The van der Waals surface area contributed by atoms with Crippen LogP contribution in [0.2, 0.25) is 0 Å². The van der Waals surface area contributed by atoms with Crippen molar-refractivity contribution in [2.24, 2.45) is 17.1 Å². The zero-order valence-electron chi connectivity index (χ0n) is 12.9. The number of rotatable bonds is 3. The van der Waals surface area contributed by atoms with Crippen LogP contribution in [0.3, 0.4) is 0 Å². The molecule has 0 aromatic carbocycles. The summed E-state index contributed by atoms with van der Waals surface area (Å²) < 4.78 is 0. The number of amides is 2. The third kappa shape index (κ3) is 2.93. The smallest absolute Gasteiger partial charge is 0.230 e. The van der Waals surface area contributed by atoms with Crippen LogP contribution in [0.4, 0.5) is 0 Å². The summed E-state index contributed by atoms with van der Waals surface area (Å²) in [6, 6.07) is 0.240. The molecule has 0 aromatic rings. The Morgan fingerprint density at radius 3 is 2.33 bits per heavy atom. The van der Waals surface area contributed by atoms with Gasteiger partial charge in [0, 0.05) is 31.1 Å². The molecule has 0 bridgehead atoms. The molecule has 2 aliphatic carbocycles. The van der Waals surface area contributed by atoms with E-state index in [-0.39, 0.29) is 35.2 Å². The molecule has 2 unspecified atom stereocenters. The molecule has 3 aliphatic rings. The number of likely N-dealkylation sites (tertiary alicyclic amines) is 1. The first-order chi connectivity index (χ1) is 10.0. The number of hydrogen-bond donors (Lipinski definition) is 2. The van der Waals surface area contributed by atoms with Gasteiger partial charge in [0.05, 0.1) is 5.41 Å². The molecule has 3 rings (SSSR count). The standard InChI is InChI=1S/C16H27N3O2/c1-16(8-2-3-13(16)17)15(21)19-9-6-12(7-10-19)18-14(20)11-4-5-11/h11-13H,2-10,17H2,1H3,(H,18,20). The van der Waals surface area contributed by atoms with Crippen LogP contribution in [-0.2, 0) is 9.59 Å². The first-order valence-electron chi connectivity index (χ1n) is 8.36. The average Bonchev–Trinajstić information content (AvgIpc) is 3.27. The average molecular weight is 293 g/mol. The molecule has 0 aromatic heterocycles. The minimum Gasteiger partial charge on any atom is -0.353 e. The number of nitrogens with zero attached hydrogens (tertiary/aromatic N) is 1. The molecular weight excluding hydrogens is 266 g/mol.